The van der Waals surface area contributed by atoms with Crippen LogP contribution in [0, 0.1) is 0 Å². The predicted molar refractivity (Wildman–Crippen MR) is 82.6 cm³/mol. The lowest BCUT2D eigenvalue weighted by molar-refractivity contribution is 0.112. The zero-order chi connectivity index (χ0) is 15.4. The molecule has 0 fully saturated rings. The molecule has 5 heteroatoms. The molecule has 2 rings (SSSR count). The van der Waals surface area contributed by atoms with Gasteiger partial charge in [-0.15, -0.1) is 0 Å². The number of aldehydes is 1. The summed E-state index contributed by atoms with van der Waals surface area (Å²) in [6.07, 6.45) is 0.565. The first kappa shape index (κ1) is 15.1. The van der Waals surface area contributed by atoms with Crippen LogP contribution in [0.15, 0.2) is 27.4 Å². The SMILES string of the molecule is CCOc1ccc2c(N(CC)CC)c(C=O)c(=O)oc2c1. The summed E-state index contributed by atoms with van der Waals surface area (Å²) >= 11 is 0. The Balaban J connectivity index is 2.78. The highest BCUT2D eigenvalue weighted by molar-refractivity contribution is 5.99. The Morgan fingerprint density at radius 2 is 1.95 bits per heavy atom. The molecule has 0 spiro atoms. The van der Waals surface area contributed by atoms with Gasteiger partial charge in [0.25, 0.3) is 0 Å². The van der Waals surface area contributed by atoms with Crippen molar-refractivity contribution in [3.63, 3.8) is 0 Å². The number of benzene rings is 1. The molecule has 5 nitrogen and oxygen atoms in total. The number of hydrogen-bond acceptors (Lipinski definition) is 5. The summed E-state index contributed by atoms with van der Waals surface area (Å²) < 4.78 is 10.7. The number of ether oxygens (including phenoxy) is 1. The summed E-state index contributed by atoms with van der Waals surface area (Å²) in [5, 5.41) is 0.740. The van der Waals surface area contributed by atoms with Gasteiger partial charge in [0, 0.05) is 24.5 Å². The van der Waals surface area contributed by atoms with E-state index in [1.807, 2.05) is 37.8 Å². The molecule has 0 N–H and O–H groups in total. The van der Waals surface area contributed by atoms with E-state index in [0.717, 1.165) is 5.39 Å². The molecule has 1 heterocycles. The molecule has 0 saturated carbocycles. The number of carbonyl (C=O) groups is 1. The quantitative estimate of drug-likeness (QED) is 0.604. The average Bonchev–Trinajstić information content (AvgIpc) is 2.48. The summed E-state index contributed by atoms with van der Waals surface area (Å²) in [6, 6.07) is 5.32. The van der Waals surface area contributed by atoms with Crippen LogP contribution in [0.25, 0.3) is 11.0 Å². The molecule has 112 valence electrons. The normalized spacial score (nSPS) is 10.6. The van der Waals surface area contributed by atoms with Crippen molar-refractivity contribution in [2.75, 3.05) is 24.6 Å². The molecule has 0 atom stereocenters. The molecule has 0 aliphatic rings. The molecule has 0 bridgehead atoms. The van der Waals surface area contributed by atoms with Crippen LogP contribution in [-0.2, 0) is 0 Å². The Kier molecular flexibility index (Phi) is 4.62. The van der Waals surface area contributed by atoms with Crippen LogP contribution in [0.3, 0.4) is 0 Å². The van der Waals surface area contributed by atoms with E-state index in [1.54, 1.807) is 6.07 Å². The second kappa shape index (κ2) is 6.43. The van der Waals surface area contributed by atoms with E-state index in [9.17, 15) is 9.59 Å². The first-order chi connectivity index (χ1) is 10.2. The number of rotatable bonds is 6. The third-order valence-corrected chi connectivity index (χ3v) is 3.39. The third-order valence-electron chi connectivity index (χ3n) is 3.39. The van der Waals surface area contributed by atoms with Crippen LogP contribution in [0.1, 0.15) is 31.1 Å². The van der Waals surface area contributed by atoms with Gasteiger partial charge in [-0.1, -0.05) is 0 Å². The van der Waals surface area contributed by atoms with Gasteiger partial charge in [-0.2, -0.15) is 0 Å². The van der Waals surface area contributed by atoms with Gasteiger partial charge in [-0.05, 0) is 32.9 Å². The Labute approximate surface area is 123 Å². The van der Waals surface area contributed by atoms with Gasteiger partial charge in [0.05, 0.1) is 12.3 Å². The third kappa shape index (κ3) is 2.77. The van der Waals surface area contributed by atoms with E-state index < -0.39 is 5.63 Å². The highest BCUT2D eigenvalue weighted by atomic mass is 16.5. The number of nitrogens with zero attached hydrogens (tertiary/aromatic N) is 1. The summed E-state index contributed by atoms with van der Waals surface area (Å²) in [5.41, 5.74) is 0.506. The molecule has 1 aromatic heterocycles. The molecule has 2 aromatic rings. The summed E-state index contributed by atoms with van der Waals surface area (Å²) in [6.45, 7) is 7.77. The second-order valence-electron chi connectivity index (χ2n) is 4.53. The molecule has 0 aliphatic carbocycles. The van der Waals surface area contributed by atoms with Crippen LogP contribution in [-0.4, -0.2) is 26.0 Å². The second-order valence-corrected chi connectivity index (χ2v) is 4.53. The maximum absolute atomic E-state index is 12.0. The van der Waals surface area contributed by atoms with Crippen LogP contribution >= 0.6 is 0 Å². The van der Waals surface area contributed by atoms with Crippen molar-refractivity contribution in [2.45, 2.75) is 20.8 Å². The summed E-state index contributed by atoms with van der Waals surface area (Å²) in [5.74, 6) is 0.637. The molecular weight excluding hydrogens is 270 g/mol. The van der Waals surface area contributed by atoms with Crippen molar-refractivity contribution >= 4 is 22.9 Å². The molecule has 21 heavy (non-hydrogen) atoms. The largest absolute Gasteiger partial charge is 0.494 e. The molecule has 0 amide bonds. The fraction of sp³-hybridized carbons (Fsp3) is 0.375. The Bertz CT molecular complexity index is 701. The smallest absolute Gasteiger partial charge is 0.349 e. The number of hydrogen-bond donors (Lipinski definition) is 0. The van der Waals surface area contributed by atoms with Crippen molar-refractivity contribution in [2.24, 2.45) is 0 Å². The van der Waals surface area contributed by atoms with E-state index >= 15 is 0 Å². The minimum atomic E-state index is -0.618. The lowest BCUT2D eigenvalue weighted by atomic mass is 10.1. The monoisotopic (exact) mass is 289 g/mol. The lowest BCUT2D eigenvalue weighted by Gasteiger charge is -2.23. The van der Waals surface area contributed by atoms with E-state index in [4.69, 9.17) is 9.15 Å². The maximum Gasteiger partial charge on any atom is 0.349 e. The summed E-state index contributed by atoms with van der Waals surface area (Å²) in [4.78, 5) is 25.3. The van der Waals surface area contributed by atoms with Crippen molar-refractivity contribution < 1.29 is 13.9 Å². The first-order valence-electron chi connectivity index (χ1n) is 7.09. The van der Waals surface area contributed by atoms with Gasteiger partial charge in [0.1, 0.15) is 16.9 Å². The highest BCUT2D eigenvalue weighted by Gasteiger charge is 2.18. The van der Waals surface area contributed by atoms with Crippen molar-refractivity contribution in [1.82, 2.24) is 0 Å². The van der Waals surface area contributed by atoms with Gasteiger partial charge in [0.2, 0.25) is 0 Å². The van der Waals surface area contributed by atoms with Crippen LogP contribution in [0.5, 0.6) is 5.75 Å². The van der Waals surface area contributed by atoms with Crippen molar-refractivity contribution in [3.8, 4) is 5.75 Å². The minimum Gasteiger partial charge on any atom is -0.494 e. The molecule has 0 unspecified atom stereocenters. The van der Waals surface area contributed by atoms with E-state index in [1.165, 1.54) is 0 Å². The maximum atomic E-state index is 12.0. The van der Waals surface area contributed by atoms with Gasteiger partial charge in [0.15, 0.2) is 6.29 Å². The number of anilines is 1. The lowest BCUT2D eigenvalue weighted by Crippen LogP contribution is -2.26. The summed E-state index contributed by atoms with van der Waals surface area (Å²) in [7, 11) is 0. The van der Waals surface area contributed by atoms with Gasteiger partial charge >= 0.3 is 5.63 Å². The van der Waals surface area contributed by atoms with E-state index in [2.05, 4.69) is 0 Å². The zero-order valence-corrected chi connectivity index (χ0v) is 12.5. The van der Waals surface area contributed by atoms with Crippen LogP contribution in [0.4, 0.5) is 5.69 Å². The molecule has 0 radical (unpaired) electrons. The highest BCUT2D eigenvalue weighted by Crippen LogP contribution is 2.30. The van der Waals surface area contributed by atoms with Crippen LogP contribution < -0.4 is 15.3 Å². The topological polar surface area (TPSA) is 59.8 Å². The van der Waals surface area contributed by atoms with Gasteiger partial charge in [-0.25, -0.2) is 4.79 Å². The van der Waals surface area contributed by atoms with Crippen molar-refractivity contribution in [1.29, 1.82) is 0 Å². The van der Waals surface area contributed by atoms with Crippen LogP contribution in [0.2, 0.25) is 0 Å². The fourth-order valence-corrected chi connectivity index (χ4v) is 2.42. The predicted octanol–water partition coefficient (Wildman–Crippen LogP) is 2.85. The standard InChI is InChI=1S/C16H19NO4/c1-4-17(5-2)15-12-8-7-11(20-6-3)9-14(12)21-16(19)13(15)10-18/h7-10H,4-6H2,1-3H3. The molecule has 1 aromatic carbocycles. The van der Waals surface area contributed by atoms with E-state index in [0.29, 0.717) is 43.0 Å². The molecule has 0 aliphatic heterocycles. The Morgan fingerprint density at radius 1 is 1.24 bits per heavy atom. The zero-order valence-electron chi connectivity index (χ0n) is 12.5. The number of fused-ring (bicyclic) bond motifs is 1. The van der Waals surface area contributed by atoms with Gasteiger partial charge in [-0.3, -0.25) is 4.79 Å². The fourth-order valence-electron chi connectivity index (χ4n) is 2.42. The molecule has 0 saturated heterocycles. The molecular formula is C16H19NO4. The van der Waals surface area contributed by atoms with E-state index in [-0.39, 0.29) is 5.56 Å². The Hall–Kier alpha value is -2.30. The minimum absolute atomic E-state index is 0.0651. The Morgan fingerprint density at radius 3 is 2.52 bits per heavy atom. The van der Waals surface area contributed by atoms with Gasteiger partial charge < -0.3 is 14.1 Å². The average molecular weight is 289 g/mol. The number of carbonyl (C=O) groups excluding carboxylic acids is 1. The van der Waals surface area contributed by atoms with Crippen molar-refractivity contribution in [3.05, 3.63) is 34.2 Å². The first-order valence-corrected chi connectivity index (χ1v) is 7.09.